The van der Waals surface area contributed by atoms with Crippen molar-refractivity contribution in [1.29, 1.82) is 0 Å². The van der Waals surface area contributed by atoms with E-state index in [0.29, 0.717) is 15.3 Å². The second kappa shape index (κ2) is 3.15. The number of benzene rings is 1. The molecule has 1 aromatic heterocycles. The highest BCUT2D eigenvalue weighted by Crippen LogP contribution is 2.14. The molecule has 0 aliphatic heterocycles. The Labute approximate surface area is 88.3 Å². The van der Waals surface area contributed by atoms with Gasteiger partial charge in [0.1, 0.15) is 5.52 Å². The maximum Gasteiger partial charge on any atom is 0.352 e. The van der Waals surface area contributed by atoms with Crippen molar-refractivity contribution in [2.75, 3.05) is 0 Å². The summed E-state index contributed by atoms with van der Waals surface area (Å²) in [6.07, 6.45) is 0. The normalized spacial score (nSPS) is 10.7. The van der Waals surface area contributed by atoms with E-state index in [-0.39, 0.29) is 5.52 Å². The fourth-order valence-corrected chi connectivity index (χ4v) is 1.47. The van der Waals surface area contributed by atoms with Crippen molar-refractivity contribution in [1.82, 2.24) is 4.98 Å². The third-order valence-corrected chi connectivity index (χ3v) is 2.35. The van der Waals surface area contributed by atoms with Crippen molar-refractivity contribution >= 4 is 34.2 Å². The lowest BCUT2D eigenvalue weighted by atomic mass is 10.3. The number of halogens is 2. The lowest BCUT2D eigenvalue weighted by molar-refractivity contribution is -0.575. The molecule has 1 aromatic carbocycles. The first-order chi connectivity index (χ1) is 6.59. The topological polar surface area (TPSA) is 59.8 Å². The Morgan fingerprint density at radius 3 is 2.79 bits per heavy atom. The van der Waals surface area contributed by atoms with Crippen LogP contribution in [0, 0.1) is 5.21 Å². The average molecular weight is 231 g/mol. The molecule has 14 heavy (non-hydrogen) atoms. The minimum atomic E-state index is -0.628. The molecule has 0 aliphatic carbocycles. The van der Waals surface area contributed by atoms with E-state index in [1.165, 1.54) is 12.1 Å². The molecule has 0 saturated heterocycles. The van der Waals surface area contributed by atoms with Crippen LogP contribution >= 0.6 is 23.2 Å². The lowest BCUT2D eigenvalue weighted by Gasteiger charge is -2.02. The van der Waals surface area contributed by atoms with Crippen molar-refractivity contribution in [3.63, 3.8) is 0 Å². The van der Waals surface area contributed by atoms with Crippen LogP contribution in [0.4, 0.5) is 0 Å². The van der Waals surface area contributed by atoms with Gasteiger partial charge in [0.2, 0.25) is 5.52 Å². The maximum atomic E-state index is 11.4. The smallest absolute Gasteiger partial charge is 0.352 e. The number of aromatic amines is 1. The van der Waals surface area contributed by atoms with E-state index in [1.807, 2.05) is 0 Å². The molecule has 0 unspecified atom stereocenters. The van der Waals surface area contributed by atoms with Gasteiger partial charge in [-0.3, -0.25) is 4.79 Å². The van der Waals surface area contributed by atoms with Crippen molar-refractivity contribution in [2.45, 2.75) is 0 Å². The molecular weight excluding hydrogens is 227 g/mol. The zero-order valence-corrected chi connectivity index (χ0v) is 8.26. The summed E-state index contributed by atoms with van der Waals surface area (Å²) in [6, 6.07) is 4.53. The Hall–Kier alpha value is -1.26. The highest BCUT2D eigenvalue weighted by atomic mass is 35.5. The summed E-state index contributed by atoms with van der Waals surface area (Å²) < 4.78 is 0.367. The number of hydrogen-bond acceptors (Lipinski definition) is 2. The van der Waals surface area contributed by atoms with E-state index in [1.54, 1.807) is 6.07 Å². The zero-order chi connectivity index (χ0) is 10.3. The maximum absolute atomic E-state index is 11.4. The summed E-state index contributed by atoms with van der Waals surface area (Å²) >= 11 is 11.2. The fraction of sp³-hybridized carbons (Fsp3) is 0. The van der Waals surface area contributed by atoms with Crippen LogP contribution in [0.15, 0.2) is 23.0 Å². The Balaban J connectivity index is 2.98. The Morgan fingerprint density at radius 1 is 1.36 bits per heavy atom. The largest absolute Gasteiger partial charge is 0.617 e. The molecule has 0 bridgehead atoms. The van der Waals surface area contributed by atoms with Crippen LogP contribution in [0.25, 0.3) is 11.0 Å². The summed E-state index contributed by atoms with van der Waals surface area (Å²) in [5, 5.41) is 11.4. The molecule has 72 valence electrons. The first-order valence-corrected chi connectivity index (χ1v) is 4.46. The van der Waals surface area contributed by atoms with Gasteiger partial charge in [-0.1, -0.05) is 11.6 Å². The molecule has 0 amide bonds. The third kappa shape index (κ3) is 1.32. The number of hydrogen-bond donors (Lipinski definition) is 1. The number of aromatic nitrogens is 2. The first-order valence-electron chi connectivity index (χ1n) is 3.70. The van der Waals surface area contributed by atoms with Gasteiger partial charge in [-0.05, 0) is 23.7 Å². The summed E-state index contributed by atoms with van der Waals surface area (Å²) in [4.78, 5) is 13.6. The van der Waals surface area contributed by atoms with E-state index in [4.69, 9.17) is 23.2 Å². The fourth-order valence-electron chi connectivity index (χ4n) is 1.16. The van der Waals surface area contributed by atoms with Crippen LogP contribution in [-0.4, -0.2) is 4.98 Å². The molecule has 2 aromatic rings. The first kappa shape index (κ1) is 9.30. The summed E-state index contributed by atoms with van der Waals surface area (Å²) in [7, 11) is 0. The molecular formula is C8H4Cl2N2O2. The summed E-state index contributed by atoms with van der Waals surface area (Å²) in [5.41, 5.74) is 0.0114. The van der Waals surface area contributed by atoms with Crippen molar-refractivity contribution in [3.05, 3.63) is 43.9 Å². The number of H-pyrrole nitrogens is 1. The van der Waals surface area contributed by atoms with Crippen LogP contribution < -0.4 is 10.3 Å². The third-order valence-electron chi connectivity index (χ3n) is 1.79. The summed E-state index contributed by atoms with van der Waals surface area (Å²) in [5.74, 6) is 0. The van der Waals surface area contributed by atoms with Crippen molar-refractivity contribution in [3.8, 4) is 0 Å². The minimum absolute atomic E-state index is 0.277. The van der Waals surface area contributed by atoms with Crippen molar-refractivity contribution < 1.29 is 4.73 Å². The van der Waals surface area contributed by atoms with Gasteiger partial charge < -0.3 is 10.2 Å². The van der Waals surface area contributed by atoms with Crippen LogP contribution in [0.5, 0.6) is 0 Å². The number of nitrogens with one attached hydrogen (secondary N) is 1. The predicted octanol–water partition coefficient (Wildman–Crippen LogP) is 1.47. The summed E-state index contributed by atoms with van der Waals surface area (Å²) in [6.45, 7) is 0. The van der Waals surface area contributed by atoms with Gasteiger partial charge in [0.15, 0.2) is 0 Å². The van der Waals surface area contributed by atoms with Crippen LogP contribution in [0.3, 0.4) is 0 Å². The zero-order valence-electron chi connectivity index (χ0n) is 6.75. The Bertz CT molecular complexity index is 565. The number of nitrogens with zero attached hydrogens (tertiary/aromatic N) is 1. The minimum Gasteiger partial charge on any atom is -0.617 e. The van der Waals surface area contributed by atoms with Crippen LogP contribution in [-0.2, 0) is 0 Å². The quantitative estimate of drug-likeness (QED) is 0.551. The van der Waals surface area contributed by atoms with Gasteiger partial charge >= 0.3 is 10.7 Å². The molecule has 2 rings (SSSR count). The molecule has 0 radical (unpaired) electrons. The standard InChI is InChI=1S/C8H4Cl2N2O2/c9-4-1-2-6-5(3-4)11-8(13)7(10)12(6)14/h1-3H,(H,11,13). The van der Waals surface area contributed by atoms with Crippen LogP contribution in [0.1, 0.15) is 0 Å². The molecule has 1 heterocycles. The monoisotopic (exact) mass is 230 g/mol. The lowest BCUT2D eigenvalue weighted by Crippen LogP contribution is -2.35. The average Bonchev–Trinajstić information content (AvgIpc) is 2.14. The molecule has 1 N–H and O–H groups in total. The van der Waals surface area contributed by atoms with Crippen LogP contribution in [0.2, 0.25) is 10.2 Å². The number of fused-ring (bicyclic) bond motifs is 1. The van der Waals surface area contributed by atoms with Gasteiger partial charge in [0.25, 0.3) is 0 Å². The molecule has 4 nitrogen and oxygen atoms in total. The molecule has 0 saturated carbocycles. The number of rotatable bonds is 0. The SMILES string of the molecule is O=c1[nH]c2cc(Cl)ccc2[n+]([O-])c1Cl. The van der Waals surface area contributed by atoms with Gasteiger partial charge in [-0.25, -0.2) is 0 Å². The van der Waals surface area contributed by atoms with E-state index in [9.17, 15) is 10.0 Å². The second-order valence-corrected chi connectivity index (χ2v) is 3.50. The Morgan fingerprint density at radius 2 is 2.07 bits per heavy atom. The van der Waals surface area contributed by atoms with Crippen molar-refractivity contribution in [2.24, 2.45) is 0 Å². The molecule has 0 fully saturated rings. The molecule has 0 atom stereocenters. The van der Waals surface area contributed by atoms with E-state index in [2.05, 4.69) is 4.98 Å². The molecule has 0 spiro atoms. The van der Waals surface area contributed by atoms with E-state index < -0.39 is 10.7 Å². The van der Waals surface area contributed by atoms with E-state index >= 15 is 0 Å². The molecule has 6 heteroatoms. The predicted molar refractivity (Wildman–Crippen MR) is 53.5 cm³/mol. The van der Waals surface area contributed by atoms with E-state index in [0.717, 1.165) is 0 Å². The highest BCUT2D eigenvalue weighted by Gasteiger charge is 2.13. The Kier molecular flexibility index (Phi) is 2.09. The van der Waals surface area contributed by atoms with Gasteiger partial charge in [-0.15, -0.1) is 4.73 Å². The van der Waals surface area contributed by atoms with Gasteiger partial charge in [0.05, 0.1) is 0 Å². The van der Waals surface area contributed by atoms with Gasteiger partial charge in [-0.2, -0.15) is 0 Å². The highest BCUT2D eigenvalue weighted by molar-refractivity contribution is 6.31. The second-order valence-electron chi connectivity index (χ2n) is 2.70. The van der Waals surface area contributed by atoms with Gasteiger partial charge in [0, 0.05) is 11.1 Å². The molecule has 0 aliphatic rings.